The number of anilines is 2. The van der Waals surface area contributed by atoms with E-state index in [0.29, 0.717) is 36.1 Å². The van der Waals surface area contributed by atoms with Gasteiger partial charge >= 0.3 is 11.9 Å². The molecule has 0 saturated heterocycles. The fraction of sp³-hybridized carbons (Fsp3) is 0.250. The second-order valence-electron chi connectivity index (χ2n) is 6.56. The Labute approximate surface area is 182 Å². The van der Waals surface area contributed by atoms with Crippen LogP contribution in [-0.2, 0) is 19.1 Å². The summed E-state index contributed by atoms with van der Waals surface area (Å²) in [4.78, 5) is 22.9. The van der Waals surface area contributed by atoms with Gasteiger partial charge in [-0.15, -0.1) is 0 Å². The maximum absolute atomic E-state index is 11.5. The van der Waals surface area contributed by atoms with E-state index >= 15 is 0 Å². The van der Waals surface area contributed by atoms with Gasteiger partial charge in [0.05, 0.1) is 13.2 Å². The predicted molar refractivity (Wildman–Crippen MR) is 121 cm³/mol. The first-order valence-electron chi connectivity index (χ1n) is 10.0. The first-order valence-corrected chi connectivity index (χ1v) is 10.0. The molecule has 0 unspecified atom stereocenters. The van der Waals surface area contributed by atoms with Crippen molar-refractivity contribution >= 4 is 23.3 Å². The number of allylic oxidation sites excluding steroid dienone is 2. The highest BCUT2D eigenvalue weighted by Gasteiger charge is 2.03. The van der Waals surface area contributed by atoms with Gasteiger partial charge in [-0.3, -0.25) is 0 Å². The van der Waals surface area contributed by atoms with Crippen molar-refractivity contribution in [2.45, 2.75) is 27.7 Å². The molecule has 164 valence electrons. The van der Waals surface area contributed by atoms with Crippen molar-refractivity contribution in [3.8, 4) is 11.5 Å². The van der Waals surface area contributed by atoms with Crippen LogP contribution in [0.5, 0.6) is 11.5 Å². The number of hydrogen-bond donors (Lipinski definition) is 2. The Kier molecular flexibility index (Phi) is 9.16. The Hall–Kier alpha value is -3.74. The zero-order chi connectivity index (χ0) is 22.6. The molecule has 0 aromatic heterocycles. The molecule has 0 aliphatic carbocycles. The Morgan fingerprint density at radius 3 is 1.39 bits per heavy atom. The van der Waals surface area contributed by atoms with E-state index in [4.69, 9.17) is 14.2 Å². The molecule has 0 fully saturated rings. The van der Waals surface area contributed by atoms with Crippen molar-refractivity contribution in [2.75, 3.05) is 23.8 Å². The Balaban J connectivity index is 1.92. The minimum Gasteiger partial charge on any atom is -0.463 e. The zero-order valence-electron chi connectivity index (χ0n) is 18.2. The lowest BCUT2D eigenvalue weighted by Gasteiger charge is -2.10. The number of benzene rings is 2. The van der Waals surface area contributed by atoms with E-state index in [1.807, 2.05) is 48.5 Å². The predicted octanol–water partition coefficient (Wildman–Crippen LogP) is 5.24. The third kappa shape index (κ3) is 8.65. The van der Waals surface area contributed by atoms with Crippen molar-refractivity contribution < 1.29 is 23.8 Å². The SMILES string of the molecule is CCOC(=O)/C=C(\C)Nc1ccc(Oc2ccc(N/C(C)=C/C(=O)OCC)cc2)cc1. The minimum atomic E-state index is -0.378. The fourth-order valence-corrected chi connectivity index (χ4v) is 2.60. The molecule has 0 atom stereocenters. The third-order valence-corrected chi connectivity index (χ3v) is 3.87. The lowest BCUT2D eigenvalue weighted by Crippen LogP contribution is -2.04. The first kappa shape index (κ1) is 23.5. The lowest BCUT2D eigenvalue weighted by molar-refractivity contribution is -0.138. The van der Waals surface area contributed by atoms with Crippen LogP contribution in [0.15, 0.2) is 72.1 Å². The second-order valence-corrected chi connectivity index (χ2v) is 6.56. The smallest absolute Gasteiger partial charge is 0.332 e. The third-order valence-electron chi connectivity index (χ3n) is 3.87. The topological polar surface area (TPSA) is 85.9 Å². The molecule has 0 radical (unpaired) electrons. The Bertz CT molecular complexity index is 854. The highest BCUT2D eigenvalue weighted by Crippen LogP contribution is 2.25. The molecule has 0 bridgehead atoms. The average Bonchev–Trinajstić information content (AvgIpc) is 2.71. The summed E-state index contributed by atoms with van der Waals surface area (Å²) in [5.74, 6) is 0.599. The molecule has 2 aromatic carbocycles. The van der Waals surface area contributed by atoms with Gasteiger partial charge in [0.15, 0.2) is 0 Å². The van der Waals surface area contributed by atoms with E-state index in [9.17, 15) is 9.59 Å². The van der Waals surface area contributed by atoms with Crippen LogP contribution in [0, 0.1) is 0 Å². The van der Waals surface area contributed by atoms with Gasteiger partial charge in [0.1, 0.15) is 11.5 Å². The number of rotatable bonds is 10. The van der Waals surface area contributed by atoms with Gasteiger partial charge < -0.3 is 24.8 Å². The molecule has 31 heavy (non-hydrogen) atoms. The molecule has 2 N–H and O–H groups in total. The molecule has 0 amide bonds. The zero-order valence-corrected chi connectivity index (χ0v) is 18.2. The van der Waals surface area contributed by atoms with E-state index in [-0.39, 0.29) is 11.9 Å². The first-order chi connectivity index (χ1) is 14.9. The summed E-state index contributed by atoms with van der Waals surface area (Å²) in [7, 11) is 0. The fourth-order valence-electron chi connectivity index (χ4n) is 2.60. The highest BCUT2D eigenvalue weighted by molar-refractivity contribution is 5.83. The van der Waals surface area contributed by atoms with Crippen LogP contribution in [-0.4, -0.2) is 25.2 Å². The summed E-state index contributed by atoms with van der Waals surface area (Å²) in [6.45, 7) is 7.80. The Morgan fingerprint density at radius 2 is 1.06 bits per heavy atom. The van der Waals surface area contributed by atoms with Gasteiger partial charge in [-0.2, -0.15) is 0 Å². The van der Waals surface area contributed by atoms with Gasteiger partial charge in [0.25, 0.3) is 0 Å². The molecule has 0 aliphatic rings. The summed E-state index contributed by atoms with van der Waals surface area (Å²) >= 11 is 0. The van der Waals surface area contributed by atoms with Gasteiger partial charge in [-0.25, -0.2) is 9.59 Å². The van der Waals surface area contributed by atoms with Gasteiger partial charge in [-0.05, 0) is 76.2 Å². The number of hydrogen-bond acceptors (Lipinski definition) is 7. The largest absolute Gasteiger partial charge is 0.463 e. The second kappa shape index (κ2) is 12.1. The number of esters is 2. The van der Waals surface area contributed by atoms with Crippen molar-refractivity contribution in [3.63, 3.8) is 0 Å². The molecular weight excluding hydrogens is 396 g/mol. The number of ether oxygens (including phenoxy) is 3. The van der Waals surface area contributed by atoms with E-state index < -0.39 is 0 Å². The van der Waals surface area contributed by atoms with E-state index in [1.165, 1.54) is 12.2 Å². The minimum absolute atomic E-state index is 0.343. The molecule has 2 rings (SSSR count). The van der Waals surface area contributed by atoms with Crippen molar-refractivity contribution in [3.05, 3.63) is 72.1 Å². The monoisotopic (exact) mass is 424 g/mol. The quantitative estimate of drug-likeness (QED) is 0.399. The molecule has 0 aliphatic heterocycles. The molecular formula is C24H28N2O5. The molecule has 0 heterocycles. The molecule has 7 heteroatoms. The summed E-state index contributed by atoms with van der Waals surface area (Å²) in [5.41, 5.74) is 3.02. The molecule has 0 spiro atoms. The standard InChI is InChI=1S/C24H28N2O5/c1-5-29-23(27)15-17(3)25-19-7-11-21(12-8-19)31-22-13-9-20(10-14-22)26-18(4)16-24(28)30-6-2/h7-16,25-26H,5-6H2,1-4H3/b17-15+,18-16+. The van der Waals surface area contributed by atoms with Crippen molar-refractivity contribution in [1.29, 1.82) is 0 Å². The summed E-state index contributed by atoms with van der Waals surface area (Å²) in [6, 6.07) is 14.8. The molecule has 0 saturated carbocycles. The number of carbonyl (C=O) groups excluding carboxylic acids is 2. The normalized spacial score (nSPS) is 11.5. The van der Waals surface area contributed by atoms with E-state index in [2.05, 4.69) is 10.6 Å². The van der Waals surface area contributed by atoms with Crippen LogP contribution in [0.25, 0.3) is 0 Å². The summed E-state index contributed by atoms with van der Waals surface area (Å²) < 4.78 is 15.6. The maximum Gasteiger partial charge on any atom is 0.332 e. The Morgan fingerprint density at radius 1 is 0.710 bits per heavy atom. The lowest BCUT2D eigenvalue weighted by atomic mass is 10.2. The van der Waals surface area contributed by atoms with Crippen LogP contribution in [0.4, 0.5) is 11.4 Å². The number of nitrogens with one attached hydrogen (secondary N) is 2. The highest BCUT2D eigenvalue weighted by atomic mass is 16.5. The molecule has 2 aromatic rings. The van der Waals surface area contributed by atoms with E-state index in [0.717, 1.165) is 11.4 Å². The van der Waals surface area contributed by atoms with Crippen molar-refractivity contribution in [2.24, 2.45) is 0 Å². The van der Waals surface area contributed by atoms with Gasteiger partial charge in [0.2, 0.25) is 0 Å². The van der Waals surface area contributed by atoms with Crippen LogP contribution < -0.4 is 15.4 Å². The van der Waals surface area contributed by atoms with E-state index in [1.54, 1.807) is 27.7 Å². The van der Waals surface area contributed by atoms with Gasteiger partial charge in [-0.1, -0.05) is 0 Å². The van der Waals surface area contributed by atoms with Gasteiger partial charge in [0, 0.05) is 34.9 Å². The molecule has 7 nitrogen and oxygen atoms in total. The van der Waals surface area contributed by atoms with Crippen LogP contribution in [0.3, 0.4) is 0 Å². The van der Waals surface area contributed by atoms with Crippen LogP contribution in [0.2, 0.25) is 0 Å². The average molecular weight is 424 g/mol. The summed E-state index contributed by atoms with van der Waals surface area (Å²) in [6.07, 6.45) is 2.82. The maximum atomic E-state index is 11.5. The number of carbonyl (C=O) groups is 2. The summed E-state index contributed by atoms with van der Waals surface area (Å²) in [5, 5.41) is 6.25. The van der Waals surface area contributed by atoms with Crippen LogP contribution in [0.1, 0.15) is 27.7 Å². The van der Waals surface area contributed by atoms with Crippen molar-refractivity contribution in [1.82, 2.24) is 0 Å². The van der Waals surface area contributed by atoms with Crippen LogP contribution >= 0.6 is 0 Å².